The fraction of sp³-hybridized carbons (Fsp3) is 0.211. The maximum absolute atomic E-state index is 12.1. The predicted molar refractivity (Wildman–Crippen MR) is 103 cm³/mol. The number of carbonyl (C=O) groups is 1. The number of hydrogen-bond acceptors (Lipinski definition) is 6. The average molecular weight is 397 g/mol. The van der Waals surface area contributed by atoms with Crippen molar-refractivity contribution in [1.82, 2.24) is 30.1 Å². The van der Waals surface area contributed by atoms with Gasteiger partial charge in [0, 0.05) is 42.6 Å². The molecular weight excluding hydrogens is 380 g/mol. The number of aromatic nitrogens is 5. The standard InChI is InChI=1S/C19H17ClN6O2/c20-14-6-4-13(5-7-14)19-22-18(28-25-19)9-8-17(27)21-11-10-16-24-23-15-3-1-2-12-26(15)16/h1-7,12H,8-11H2,(H,21,27). The van der Waals surface area contributed by atoms with Crippen LogP contribution < -0.4 is 5.32 Å². The molecule has 1 aromatic carbocycles. The van der Waals surface area contributed by atoms with Crippen molar-refractivity contribution in [2.24, 2.45) is 0 Å². The monoisotopic (exact) mass is 396 g/mol. The number of nitrogens with zero attached hydrogens (tertiary/aromatic N) is 5. The third-order valence-corrected chi connectivity index (χ3v) is 4.44. The Morgan fingerprint density at radius 2 is 1.96 bits per heavy atom. The van der Waals surface area contributed by atoms with Gasteiger partial charge in [-0.2, -0.15) is 4.98 Å². The Labute approximate surface area is 165 Å². The van der Waals surface area contributed by atoms with E-state index >= 15 is 0 Å². The quantitative estimate of drug-likeness (QED) is 0.515. The van der Waals surface area contributed by atoms with Crippen LogP contribution in [0.5, 0.6) is 0 Å². The molecule has 4 aromatic rings. The van der Waals surface area contributed by atoms with Crippen molar-refractivity contribution in [3.8, 4) is 11.4 Å². The fourth-order valence-corrected chi connectivity index (χ4v) is 2.88. The van der Waals surface area contributed by atoms with E-state index in [1.807, 2.05) is 40.9 Å². The smallest absolute Gasteiger partial charge is 0.227 e. The van der Waals surface area contributed by atoms with Crippen molar-refractivity contribution in [2.75, 3.05) is 6.54 Å². The molecule has 0 saturated heterocycles. The van der Waals surface area contributed by atoms with Crippen molar-refractivity contribution in [3.05, 3.63) is 65.4 Å². The van der Waals surface area contributed by atoms with Crippen molar-refractivity contribution in [1.29, 1.82) is 0 Å². The minimum Gasteiger partial charge on any atom is -0.356 e. The molecule has 0 aliphatic rings. The van der Waals surface area contributed by atoms with Gasteiger partial charge in [-0.3, -0.25) is 9.20 Å². The molecule has 0 aliphatic carbocycles. The van der Waals surface area contributed by atoms with Gasteiger partial charge in [-0.1, -0.05) is 22.8 Å². The summed E-state index contributed by atoms with van der Waals surface area (Å²) in [5.41, 5.74) is 1.60. The Morgan fingerprint density at radius 3 is 2.82 bits per heavy atom. The molecule has 0 unspecified atom stereocenters. The molecular formula is C19H17ClN6O2. The normalized spacial score (nSPS) is 11.0. The van der Waals surface area contributed by atoms with Gasteiger partial charge >= 0.3 is 0 Å². The van der Waals surface area contributed by atoms with Gasteiger partial charge in [0.05, 0.1) is 0 Å². The maximum atomic E-state index is 12.1. The molecule has 0 aliphatic heterocycles. The third kappa shape index (κ3) is 4.17. The number of halogens is 1. The second kappa shape index (κ2) is 8.18. The molecule has 3 aromatic heterocycles. The van der Waals surface area contributed by atoms with Gasteiger partial charge in [-0.15, -0.1) is 10.2 Å². The zero-order valence-corrected chi connectivity index (χ0v) is 15.6. The summed E-state index contributed by atoms with van der Waals surface area (Å²) < 4.78 is 7.12. The molecule has 0 saturated carbocycles. The second-order valence-corrected chi connectivity index (χ2v) is 6.60. The number of nitrogens with one attached hydrogen (secondary N) is 1. The minimum absolute atomic E-state index is 0.0833. The van der Waals surface area contributed by atoms with Crippen LogP contribution in [0.25, 0.3) is 17.0 Å². The number of hydrogen-bond donors (Lipinski definition) is 1. The third-order valence-electron chi connectivity index (χ3n) is 4.19. The lowest BCUT2D eigenvalue weighted by molar-refractivity contribution is -0.121. The zero-order chi connectivity index (χ0) is 19.3. The van der Waals surface area contributed by atoms with Gasteiger partial charge in [0.25, 0.3) is 0 Å². The van der Waals surface area contributed by atoms with E-state index in [1.165, 1.54) is 0 Å². The number of pyridine rings is 1. The van der Waals surface area contributed by atoms with Gasteiger partial charge < -0.3 is 9.84 Å². The molecule has 0 spiro atoms. The molecule has 1 amide bonds. The highest BCUT2D eigenvalue weighted by molar-refractivity contribution is 6.30. The van der Waals surface area contributed by atoms with E-state index in [0.29, 0.717) is 36.1 Å². The highest BCUT2D eigenvalue weighted by Gasteiger charge is 2.11. The average Bonchev–Trinajstić information content (AvgIpc) is 3.35. The van der Waals surface area contributed by atoms with Gasteiger partial charge in [0.2, 0.25) is 17.6 Å². The van der Waals surface area contributed by atoms with Crippen LogP contribution in [0.2, 0.25) is 5.02 Å². The van der Waals surface area contributed by atoms with E-state index in [-0.39, 0.29) is 12.3 Å². The van der Waals surface area contributed by atoms with E-state index in [1.54, 1.807) is 12.1 Å². The van der Waals surface area contributed by atoms with E-state index in [4.69, 9.17) is 16.1 Å². The first kappa shape index (κ1) is 18.1. The van der Waals surface area contributed by atoms with Crippen LogP contribution in [0.1, 0.15) is 18.1 Å². The largest absolute Gasteiger partial charge is 0.356 e. The molecule has 1 N–H and O–H groups in total. The number of carbonyl (C=O) groups excluding carboxylic acids is 1. The molecule has 0 fully saturated rings. The van der Waals surface area contributed by atoms with E-state index < -0.39 is 0 Å². The Bertz CT molecular complexity index is 1090. The topological polar surface area (TPSA) is 98.2 Å². The summed E-state index contributed by atoms with van der Waals surface area (Å²) in [6, 6.07) is 12.9. The second-order valence-electron chi connectivity index (χ2n) is 6.16. The number of benzene rings is 1. The first-order valence-electron chi connectivity index (χ1n) is 8.83. The minimum atomic E-state index is -0.0833. The Morgan fingerprint density at radius 1 is 1.11 bits per heavy atom. The van der Waals surface area contributed by atoms with Crippen LogP contribution in [0, 0.1) is 0 Å². The molecule has 3 heterocycles. The number of fused-ring (bicyclic) bond motifs is 1. The zero-order valence-electron chi connectivity index (χ0n) is 14.9. The summed E-state index contributed by atoms with van der Waals surface area (Å²) in [6.45, 7) is 0.481. The summed E-state index contributed by atoms with van der Waals surface area (Å²) in [5.74, 6) is 1.62. The Hall–Kier alpha value is -3.26. The van der Waals surface area contributed by atoms with Crippen LogP contribution >= 0.6 is 11.6 Å². The van der Waals surface area contributed by atoms with Crippen molar-refractivity contribution in [3.63, 3.8) is 0 Å². The first-order chi connectivity index (χ1) is 13.7. The Kier molecular flexibility index (Phi) is 5.29. The van der Waals surface area contributed by atoms with Crippen molar-refractivity contribution in [2.45, 2.75) is 19.3 Å². The lowest BCUT2D eigenvalue weighted by Gasteiger charge is -2.03. The lowest BCUT2D eigenvalue weighted by Crippen LogP contribution is -2.26. The molecule has 8 nitrogen and oxygen atoms in total. The Balaban J connectivity index is 1.25. The number of amides is 1. The van der Waals surface area contributed by atoms with Gasteiger partial charge in [0.1, 0.15) is 5.82 Å². The molecule has 9 heteroatoms. The number of rotatable bonds is 7. The van der Waals surface area contributed by atoms with Crippen LogP contribution in [0.15, 0.2) is 53.2 Å². The SMILES string of the molecule is O=C(CCc1nc(-c2ccc(Cl)cc2)no1)NCCc1nnc2ccccn12. The molecule has 0 bridgehead atoms. The molecule has 142 valence electrons. The summed E-state index contributed by atoms with van der Waals surface area (Å²) in [4.78, 5) is 16.4. The predicted octanol–water partition coefficient (Wildman–Crippen LogP) is 2.72. The van der Waals surface area contributed by atoms with Crippen LogP contribution in [0.3, 0.4) is 0 Å². The highest BCUT2D eigenvalue weighted by atomic mass is 35.5. The van der Waals surface area contributed by atoms with E-state index in [0.717, 1.165) is 17.0 Å². The fourth-order valence-electron chi connectivity index (χ4n) is 2.76. The van der Waals surface area contributed by atoms with Crippen LogP contribution in [-0.2, 0) is 17.6 Å². The molecule has 4 rings (SSSR count). The maximum Gasteiger partial charge on any atom is 0.227 e. The van der Waals surface area contributed by atoms with E-state index in [9.17, 15) is 4.79 Å². The lowest BCUT2D eigenvalue weighted by atomic mass is 10.2. The highest BCUT2D eigenvalue weighted by Crippen LogP contribution is 2.18. The first-order valence-corrected chi connectivity index (χ1v) is 9.21. The summed E-state index contributed by atoms with van der Waals surface area (Å²) in [5, 5.41) is 15.7. The van der Waals surface area contributed by atoms with Crippen molar-refractivity contribution < 1.29 is 9.32 Å². The molecule has 28 heavy (non-hydrogen) atoms. The van der Waals surface area contributed by atoms with Crippen molar-refractivity contribution >= 4 is 23.2 Å². The van der Waals surface area contributed by atoms with Crippen LogP contribution in [0.4, 0.5) is 0 Å². The molecule has 0 radical (unpaired) electrons. The summed E-state index contributed by atoms with van der Waals surface area (Å²) in [7, 11) is 0. The van der Waals surface area contributed by atoms with Gasteiger partial charge in [0.15, 0.2) is 5.65 Å². The van der Waals surface area contributed by atoms with E-state index in [2.05, 4.69) is 25.7 Å². The molecule has 0 atom stereocenters. The number of aryl methyl sites for hydroxylation is 1. The summed E-state index contributed by atoms with van der Waals surface area (Å²) in [6.07, 6.45) is 3.14. The van der Waals surface area contributed by atoms with Gasteiger partial charge in [-0.05, 0) is 36.4 Å². The van der Waals surface area contributed by atoms with Crippen LogP contribution in [-0.4, -0.2) is 37.2 Å². The summed E-state index contributed by atoms with van der Waals surface area (Å²) >= 11 is 5.87. The van der Waals surface area contributed by atoms with Gasteiger partial charge in [-0.25, -0.2) is 0 Å².